The van der Waals surface area contributed by atoms with Gasteiger partial charge in [-0.1, -0.05) is 126 Å². The number of halogens is 4. The number of anilines is 1. The van der Waals surface area contributed by atoms with Crippen LogP contribution in [0.5, 0.6) is 6.01 Å². The van der Waals surface area contributed by atoms with E-state index in [2.05, 4.69) is 57.9 Å². The number of rotatable bonds is 11. The number of carbonyl (C=O) groups is 1. The summed E-state index contributed by atoms with van der Waals surface area (Å²) >= 11 is 0. The molecule has 5 heterocycles. The summed E-state index contributed by atoms with van der Waals surface area (Å²) in [6.07, 6.45) is 4.20. The Hall–Kier alpha value is -6.56. The van der Waals surface area contributed by atoms with E-state index in [1.165, 1.54) is 6.07 Å². The number of carbonyl (C=O) groups excluding carboxylic acids is 1. The van der Waals surface area contributed by atoms with E-state index in [0.29, 0.717) is 35.1 Å². The van der Waals surface area contributed by atoms with E-state index in [9.17, 15) is 4.79 Å². The number of amides is 1. The molecule has 0 spiro atoms. The number of alkyl halides is 1. The molecule has 1 amide bonds. The van der Waals surface area contributed by atoms with Gasteiger partial charge in [-0.15, -0.1) is 5.54 Å². The summed E-state index contributed by atoms with van der Waals surface area (Å²) in [6, 6.07) is 26.0. The minimum atomic E-state index is -2.44. The maximum Gasteiger partial charge on any atom is 0.411 e. The van der Waals surface area contributed by atoms with Crippen LogP contribution in [0.1, 0.15) is 98.3 Å². The van der Waals surface area contributed by atoms with Gasteiger partial charge in [0.05, 0.1) is 40.0 Å². The molecule has 0 aliphatic carbocycles. The Balaban J connectivity index is 1.20. The molecule has 4 aliphatic heterocycles. The van der Waals surface area contributed by atoms with Crippen molar-refractivity contribution in [3.8, 4) is 28.6 Å². The van der Waals surface area contributed by atoms with Gasteiger partial charge < -0.3 is 14.4 Å². The monoisotopic (exact) mass is 1030 g/mol. The van der Waals surface area contributed by atoms with Gasteiger partial charge in [-0.25, -0.2) is 27.3 Å². The first-order valence-electron chi connectivity index (χ1n) is 26.4. The number of benzene rings is 5. The Kier molecular flexibility index (Phi) is 14.0. The summed E-state index contributed by atoms with van der Waals surface area (Å²) < 4.78 is 80.5. The van der Waals surface area contributed by atoms with E-state index in [1.54, 1.807) is 17.0 Å². The molecule has 1 aromatic heterocycles. The van der Waals surface area contributed by atoms with E-state index in [1.807, 2.05) is 105 Å². The highest BCUT2D eigenvalue weighted by molar-refractivity contribution is 6.90. The van der Waals surface area contributed by atoms with Crippen molar-refractivity contribution in [3.05, 3.63) is 137 Å². The quantitative estimate of drug-likeness (QED) is 0.0420. The van der Waals surface area contributed by atoms with E-state index >= 15 is 17.6 Å². The number of hydrogen-bond acceptors (Lipinski definition) is 8. The van der Waals surface area contributed by atoms with Crippen molar-refractivity contribution in [2.75, 3.05) is 37.7 Å². The lowest BCUT2D eigenvalue weighted by Gasteiger charge is -2.42. The predicted octanol–water partition coefficient (Wildman–Crippen LogP) is 13.9. The third-order valence-corrected chi connectivity index (χ3v) is 22.3. The molecule has 0 radical (unpaired) electrons. The molecule has 6 aromatic rings. The Labute approximate surface area is 439 Å². The summed E-state index contributed by atoms with van der Waals surface area (Å²) in [5, 5.41) is 0.665. The fraction of sp³-hybridized carbons (Fsp3) is 0.410. The third-order valence-electron chi connectivity index (χ3n) is 16.0. The van der Waals surface area contributed by atoms with Crippen LogP contribution in [0.15, 0.2) is 108 Å². The minimum absolute atomic E-state index is 0.0481. The predicted molar refractivity (Wildman–Crippen MR) is 294 cm³/mol. The van der Waals surface area contributed by atoms with Gasteiger partial charge in [-0.2, -0.15) is 9.97 Å². The standard InChI is InChI=1S/C61H66F4N6O3Si/c1-37(2)75(38(3)4,39(5)6)28-25-47-50(63)24-21-42-29-44(66-55(40-17-12-10-13-18-40)41-19-14-11-15-20-41)30-48(52(42)47)49-31-51(64)53-56(54(49)65)67-58(73-36-61-26-16-27-70(61)33-43(62)32-61)68-57(53)69-34-45-22-23-46(35-69)71(45)59(72)74-60(7,8)9/h10-15,17-24,29-31,37-39,43,45-46H,16,26-27,32-36H2,1-9H3/t43-,45?,46?,61+/m1/s1. The van der Waals surface area contributed by atoms with Crippen molar-refractivity contribution in [3.63, 3.8) is 0 Å². The first kappa shape index (κ1) is 51.9. The van der Waals surface area contributed by atoms with Crippen LogP contribution in [0, 0.1) is 28.9 Å². The average Bonchev–Trinajstić information content (AvgIpc) is 4.00. The second-order valence-corrected chi connectivity index (χ2v) is 28.4. The van der Waals surface area contributed by atoms with Gasteiger partial charge in [-0.05, 0) is 92.0 Å². The Bertz CT molecular complexity index is 3220. The zero-order valence-electron chi connectivity index (χ0n) is 44.4. The van der Waals surface area contributed by atoms with Crippen molar-refractivity contribution in [2.24, 2.45) is 4.99 Å². The molecule has 4 aliphatic rings. The Morgan fingerprint density at radius 2 is 1.45 bits per heavy atom. The lowest BCUT2D eigenvalue weighted by Crippen LogP contribution is -2.57. The first-order chi connectivity index (χ1) is 35.8. The van der Waals surface area contributed by atoms with Crippen LogP contribution in [-0.4, -0.2) is 102 Å². The van der Waals surface area contributed by atoms with Gasteiger partial charge in [0.2, 0.25) is 0 Å². The highest BCUT2D eigenvalue weighted by Crippen LogP contribution is 2.45. The summed E-state index contributed by atoms with van der Waals surface area (Å²) in [7, 11) is -2.44. The molecule has 0 N–H and O–H groups in total. The zero-order valence-corrected chi connectivity index (χ0v) is 45.4. The smallest absolute Gasteiger partial charge is 0.411 e. The summed E-state index contributed by atoms with van der Waals surface area (Å²) in [5.74, 6) is 1.16. The molecule has 3 saturated heterocycles. The summed E-state index contributed by atoms with van der Waals surface area (Å²) in [5.41, 5.74) is 5.56. The molecule has 14 heteroatoms. The second kappa shape index (κ2) is 20.2. The van der Waals surface area contributed by atoms with Crippen molar-refractivity contribution in [1.29, 1.82) is 0 Å². The van der Waals surface area contributed by atoms with Gasteiger partial charge in [0.25, 0.3) is 0 Å². The number of piperazine rings is 1. The topological polar surface area (TPSA) is 83.4 Å². The van der Waals surface area contributed by atoms with Gasteiger partial charge in [0, 0.05) is 48.1 Å². The van der Waals surface area contributed by atoms with Gasteiger partial charge in [-0.3, -0.25) is 9.80 Å². The van der Waals surface area contributed by atoms with Crippen molar-refractivity contribution < 1.29 is 31.8 Å². The van der Waals surface area contributed by atoms with Gasteiger partial charge >= 0.3 is 12.1 Å². The van der Waals surface area contributed by atoms with Crippen LogP contribution >= 0.6 is 0 Å². The molecule has 10 rings (SSSR count). The van der Waals surface area contributed by atoms with Crippen LogP contribution in [0.2, 0.25) is 16.6 Å². The Morgan fingerprint density at radius 1 is 0.813 bits per heavy atom. The van der Waals surface area contributed by atoms with E-state index in [4.69, 9.17) is 24.4 Å². The van der Waals surface area contributed by atoms with Crippen molar-refractivity contribution in [2.45, 2.75) is 128 Å². The molecule has 4 atom stereocenters. The number of nitrogens with zero attached hydrogens (tertiary/aromatic N) is 6. The van der Waals surface area contributed by atoms with Crippen molar-refractivity contribution in [1.82, 2.24) is 19.8 Å². The number of aliphatic imine (C=N–C) groups is 1. The molecule has 2 unspecified atom stereocenters. The maximum absolute atomic E-state index is 18.5. The fourth-order valence-corrected chi connectivity index (χ4v) is 17.9. The van der Waals surface area contributed by atoms with Crippen molar-refractivity contribution >= 4 is 53.1 Å². The lowest BCUT2D eigenvalue weighted by molar-refractivity contribution is 0.0146. The number of ether oxygens (including phenoxy) is 2. The summed E-state index contributed by atoms with van der Waals surface area (Å²) in [4.78, 5) is 33.9. The normalized spacial score (nSPS) is 20.6. The zero-order chi connectivity index (χ0) is 53.1. The fourth-order valence-electron chi connectivity index (χ4n) is 12.6. The number of hydrogen-bond donors (Lipinski definition) is 0. The largest absolute Gasteiger partial charge is 0.461 e. The molecular weight excluding hydrogens is 969 g/mol. The summed E-state index contributed by atoms with van der Waals surface area (Å²) in [6.45, 7) is 20.0. The van der Waals surface area contributed by atoms with Crippen LogP contribution in [0.4, 0.5) is 33.9 Å². The van der Waals surface area contributed by atoms with Gasteiger partial charge in [0.1, 0.15) is 49.4 Å². The van der Waals surface area contributed by atoms with E-state index in [-0.39, 0.29) is 82.2 Å². The highest BCUT2D eigenvalue weighted by Gasteiger charge is 2.50. The third kappa shape index (κ3) is 9.71. The molecule has 5 aromatic carbocycles. The van der Waals surface area contributed by atoms with Crippen LogP contribution < -0.4 is 9.64 Å². The highest BCUT2D eigenvalue weighted by atomic mass is 28.3. The molecule has 3 fully saturated rings. The molecule has 75 heavy (non-hydrogen) atoms. The molecule has 390 valence electrons. The maximum atomic E-state index is 18.5. The van der Waals surface area contributed by atoms with Gasteiger partial charge in [0.15, 0.2) is 5.82 Å². The molecular formula is C61H66F4N6O3Si. The van der Waals surface area contributed by atoms with E-state index < -0.39 is 61.0 Å². The van der Waals surface area contributed by atoms with E-state index in [0.717, 1.165) is 30.2 Å². The minimum Gasteiger partial charge on any atom is -0.461 e. The average molecular weight is 1040 g/mol. The lowest BCUT2D eigenvalue weighted by atomic mass is 9.92. The van der Waals surface area contributed by atoms with Crippen LogP contribution in [0.3, 0.4) is 0 Å². The second-order valence-electron chi connectivity index (χ2n) is 22.8. The number of aromatic nitrogens is 2. The number of fused-ring (bicyclic) bond motifs is 5. The first-order valence-corrected chi connectivity index (χ1v) is 28.7. The van der Waals surface area contributed by atoms with Crippen LogP contribution in [0.25, 0.3) is 32.8 Å². The molecule has 9 nitrogen and oxygen atoms in total. The molecule has 0 saturated carbocycles. The van der Waals surface area contributed by atoms with Crippen LogP contribution in [-0.2, 0) is 4.74 Å². The Morgan fingerprint density at radius 3 is 2.07 bits per heavy atom. The molecule has 2 bridgehead atoms. The SMILES string of the molecule is CC(C)[Si](C#Cc1c(F)ccc2cc(N=C(c3ccccc3)c3ccccc3)cc(-c3cc(F)c4c(N5CC6C=CC(C5)N6C(=O)OC(C)(C)C)nc(OC[C@@]56CCCN5C[C@H](F)C6)nc4c3F)c12)(C(C)C)C(C)C.